The van der Waals surface area contributed by atoms with Gasteiger partial charge in [0.25, 0.3) is 0 Å². The Balaban J connectivity index is 2.35. The Labute approximate surface area is 129 Å². The molecule has 1 aliphatic heterocycles. The van der Waals surface area contributed by atoms with E-state index in [1.807, 2.05) is 12.5 Å². The van der Waals surface area contributed by atoms with Gasteiger partial charge in [-0.15, -0.1) is 23.5 Å². The summed E-state index contributed by atoms with van der Waals surface area (Å²) in [4.78, 5) is 12.1. The lowest BCUT2D eigenvalue weighted by Crippen LogP contribution is -2.53. The third-order valence-electron chi connectivity index (χ3n) is 2.52. The van der Waals surface area contributed by atoms with E-state index >= 15 is 0 Å². The van der Waals surface area contributed by atoms with E-state index in [0.717, 1.165) is 0 Å². The molecule has 0 radical (unpaired) electrons. The van der Waals surface area contributed by atoms with Gasteiger partial charge >= 0.3 is 6.03 Å². The normalized spacial score (nSPS) is 17.5. The highest BCUT2D eigenvalue weighted by Crippen LogP contribution is 2.33. The van der Waals surface area contributed by atoms with Crippen molar-refractivity contribution in [2.75, 3.05) is 17.5 Å². The van der Waals surface area contributed by atoms with Crippen LogP contribution in [0.25, 0.3) is 0 Å². The standard InChI is InChI=1S/C11H11Cl2N3OS2/c1-18-11(19-2)6-14-16(10(17)15-11)9-4-7(12)3-8(13)5-9/h3-6H,1-2H3,(H,15,17). The van der Waals surface area contributed by atoms with Gasteiger partial charge in [0.05, 0.1) is 11.9 Å². The van der Waals surface area contributed by atoms with E-state index in [1.165, 1.54) is 28.5 Å². The average Bonchev–Trinajstić information content (AvgIpc) is 2.37. The van der Waals surface area contributed by atoms with Crippen LogP contribution in [0.1, 0.15) is 0 Å². The maximum absolute atomic E-state index is 12.1. The molecule has 0 atom stereocenters. The van der Waals surface area contributed by atoms with Gasteiger partial charge < -0.3 is 5.32 Å². The van der Waals surface area contributed by atoms with Gasteiger partial charge in [0.15, 0.2) is 4.20 Å². The Morgan fingerprint density at radius 3 is 2.26 bits per heavy atom. The van der Waals surface area contributed by atoms with Crippen molar-refractivity contribution in [1.82, 2.24) is 5.32 Å². The fourth-order valence-electron chi connectivity index (χ4n) is 1.56. The number of carbonyl (C=O) groups is 1. The first-order valence-electron chi connectivity index (χ1n) is 5.23. The van der Waals surface area contributed by atoms with Crippen LogP contribution >= 0.6 is 46.7 Å². The fraction of sp³-hybridized carbons (Fsp3) is 0.273. The van der Waals surface area contributed by atoms with Crippen LogP contribution in [0.15, 0.2) is 23.3 Å². The minimum atomic E-state index is -0.532. The van der Waals surface area contributed by atoms with Gasteiger partial charge in [-0.3, -0.25) is 0 Å². The number of urea groups is 1. The van der Waals surface area contributed by atoms with Crippen molar-refractivity contribution in [3.63, 3.8) is 0 Å². The molecule has 1 N–H and O–H groups in total. The molecule has 4 nitrogen and oxygen atoms in total. The van der Waals surface area contributed by atoms with Crippen molar-refractivity contribution in [2.24, 2.45) is 5.10 Å². The van der Waals surface area contributed by atoms with Crippen LogP contribution in [-0.2, 0) is 0 Å². The summed E-state index contributed by atoms with van der Waals surface area (Å²) in [5, 5.41) is 9.24. The van der Waals surface area contributed by atoms with E-state index in [9.17, 15) is 4.79 Å². The minimum Gasteiger partial charge on any atom is -0.308 e. The molecule has 19 heavy (non-hydrogen) atoms. The van der Waals surface area contributed by atoms with E-state index in [4.69, 9.17) is 23.2 Å². The molecule has 0 aliphatic carbocycles. The lowest BCUT2D eigenvalue weighted by molar-refractivity contribution is 0.245. The summed E-state index contributed by atoms with van der Waals surface area (Å²) < 4.78 is -0.532. The molecule has 1 heterocycles. The summed E-state index contributed by atoms with van der Waals surface area (Å²) in [6, 6.07) is 4.56. The summed E-state index contributed by atoms with van der Waals surface area (Å²) >= 11 is 14.9. The topological polar surface area (TPSA) is 44.7 Å². The number of carbonyl (C=O) groups excluding carboxylic acids is 1. The summed E-state index contributed by atoms with van der Waals surface area (Å²) in [5.74, 6) is 0. The quantitative estimate of drug-likeness (QED) is 0.852. The molecule has 1 aliphatic rings. The van der Waals surface area contributed by atoms with Crippen molar-refractivity contribution < 1.29 is 4.79 Å². The summed E-state index contributed by atoms with van der Waals surface area (Å²) in [5.41, 5.74) is 0.530. The highest BCUT2D eigenvalue weighted by Gasteiger charge is 2.35. The van der Waals surface area contributed by atoms with Gasteiger partial charge in [0.1, 0.15) is 0 Å². The molecule has 102 valence electrons. The van der Waals surface area contributed by atoms with Gasteiger partial charge in [-0.2, -0.15) is 10.1 Å². The largest absolute Gasteiger partial charge is 0.344 e. The number of rotatable bonds is 3. The molecule has 1 aromatic carbocycles. The van der Waals surface area contributed by atoms with E-state index in [-0.39, 0.29) is 6.03 Å². The van der Waals surface area contributed by atoms with Gasteiger partial charge in [-0.25, -0.2) is 4.79 Å². The molecule has 0 unspecified atom stereocenters. The molecule has 1 aromatic rings. The number of nitrogens with one attached hydrogen (secondary N) is 1. The number of nitrogens with zero attached hydrogens (tertiary/aromatic N) is 2. The zero-order valence-corrected chi connectivity index (χ0v) is 13.3. The Bertz CT molecular complexity index is 514. The number of hydrogen-bond acceptors (Lipinski definition) is 4. The molecule has 0 spiro atoms. The molecule has 8 heteroatoms. The average molecular weight is 336 g/mol. The van der Waals surface area contributed by atoms with Crippen molar-refractivity contribution in [2.45, 2.75) is 4.20 Å². The molecule has 0 fully saturated rings. The van der Waals surface area contributed by atoms with Gasteiger partial charge in [0, 0.05) is 10.0 Å². The molecule has 2 amide bonds. The number of amides is 2. The SMILES string of the molecule is CSC1(SC)C=NN(c2cc(Cl)cc(Cl)c2)C(=O)N1. The van der Waals surface area contributed by atoms with Crippen LogP contribution in [0, 0.1) is 0 Å². The van der Waals surface area contributed by atoms with Crippen LogP contribution in [0.4, 0.5) is 10.5 Å². The molecule has 2 rings (SSSR count). The summed E-state index contributed by atoms with van der Waals surface area (Å²) in [6.07, 6.45) is 5.52. The van der Waals surface area contributed by atoms with E-state index in [1.54, 1.807) is 24.4 Å². The van der Waals surface area contributed by atoms with Crippen molar-refractivity contribution >= 4 is 64.7 Å². The van der Waals surface area contributed by atoms with Gasteiger partial charge in [-0.1, -0.05) is 23.2 Å². The minimum absolute atomic E-state index is 0.315. The maximum Gasteiger partial charge on any atom is 0.344 e. The predicted molar refractivity (Wildman–Crippen MR) is 85.7 cm³/mol. The third kappa shape index (κ3) is 3.13. The number of hydrazone groups is 1. The first-order chi connectivity index (χ1) is 8.99. The Kier molecular flexibility index (Phi) is 4.55. The van der Waals surface area contributed by atoms with E-state index in [2.05, 4.69) is 10.4 Å². The molecule has 0 saturated carbocycles. The zero-order valence-electron chi connectivity index (χ0n) is 10.2. The number of thioether (sulfide) groups is 2. The Morgan fingerprint density at radius 1 is 1.21 bits per heavy atom. The molecule has 0 bridgehead atoms. The number of halogens is 2. The lowest BCUT2D eigenvalue weighted by Gasteiger charge is -2.33. The van der Waals surface area contributed by atoms with Crippen LogP contribution in [0.2, 0.25) is 10.0 Å². The van der Waals surface area contributed by atoms with E-state index < -0.39 is 4.20 Å². The molecular weight excluding hydrogens is 325 g/mol. The fourth-order valence-corrected chi connectivity index (χ4v) is 3.42. The van der Waals surface area contributed by atoms with Crippen LogP contribution in [-0.4, -0.2) is 29.0 Å². The van der Waals surface area contributed by atoms with Crippen molar-refractivity contribution in [1.29, 1.82) is 0 Å². The summed E-state index contributed by atoms with van der Waals surface area (Å²) in [6.45, 7) is 0. The molecule has 0 aromatic heterocycles. The summed E-state index contributed by atoms with van der Waals surface area (Å²) in [7, 11) is 0. The second-order valence-electron chi connectivity index (χ2n) is 3.69. The first-order valence-corrected chi connectivity index (χ1v) is 8.44. The Morgan fingerprint density at radius 2 is 1.79 bits per heavy atom. The van der Waals surface area contributed by atoms with Gasteiger partial charge in [-0.05, 0) is 30.7 Å². The van der Waals surface area contributed by atoms with Crippen molar-refractivity contribution in [3.05, 3.63) is 28.2 Å². The highest BCUT2D eigenvalue weighted by atomic mass is 35.5. The molecular formula is C11H11Cl2N3OS2. The predicted octanol–water partition coefficient (Wildman–Crippen LogP) is 3.89. The number of anilines is 1. The number of hydrogen-bond donors (Lipinski definition) is 1. The van der Waals surface area contributed by atoms with Crippen LogP contribution in [0.3, 0.4) is 0 Å². The third-order valence-corrected chi connectivity index (χ3v) is 5.58. The molecule has 0 saturated heterocycles. The highest BCUT2D eigenvalue weighted by molar-refractivity contribution is 8.18. The van der Waals surface area contributed by atoms with E-state index in [0.29, 0.717) is 15.7 Å². The first kappa shape index (κ1) is 14.8. The zero-order chi connectivity index (χ0) is 14.0. The second kappa shape index (κ2) is 5.83. The Hall–Kier alpha value is -0.560. The van der Waals surface area contributed by atoms with Gasteiger partial charge in [0.2, 0.25) is 0 Å². The smallest absolute Gasteiger partial charge is 0.308 e. The van der Waals surface area contributed by atoms with Crippen LogP contribution in [0.5, 0.6) is 0 Å². The maximum atomic E-state index is 12.1. The van der Waals surface area contributed by atoms with Crippen molar-refractivity contribution in [3.8, 4) is 0 Å². The number of benzene rings is 1. The van der Waals surface area contributed by atoms with Crippen LogP contribution < -0.4 is 10.3 Å². The second-order valence-corrected chi connectivity index (χ2v) is 6.93. The lowest BCUT2D eigenvalue weighted by atomic mass is 10.3. The monoisotopic (exact) mass is 335 g/mol.